The monoisotopic (exact) mass is 560 g/mol. The highest BCUT2D eigenvalue weighted by atomic mass is 16.7. The standard InChI is InChI=1S/C25H32N6O9/c1-4-18(32)38-21-20(16-6-7-17-23(27)28-12-30-31(16)17)40-25(10-26,22(21)39-19(33)5-2)11-36-13-29-14(3)24(34)37-15-8-35-9-15/h6-7,12,14-15,20-22,29H,4-5,8-9,11,13H2,1-3H3,(H2,27,28,30)/t14-,20-,21-,22-,25+/m0/s1. The van der Waals surface area contributed by atoms with E-state index < -0.39 is 54.5 Å². The SMILES string of the molecule is CCC(=O)O[C@H]1[C@H](c2ccc3c(N)ncnn23)O[C@](C#N)(COCN[C@@H](C)C(=O)OC2COC2)[C@H]1OC(=O)CC. The summed E-state index contributed by atoms with van der Waals surface area (Å²) in [5, 5.41) is 17.4. The Balaban J connectivity index is 1.58. The lowest BCUT2D eigenvalue weighted by Crippen LogP contribution is -2.50. The van der Waals surface area contributed by atoms with Gasteiger partial charge < -0.3 is 34.2 Å². The molecular weight excluding hydrogens is 528 g/mol. The molecule has 0 amide bonds. The minimum absolute atomic E-state index is 0.00298. The smallest absolute Gasteiger partial charge is 0.323 e. The third kappa shape index (κ3) is 5.99. The Bertz CT molecular complexity index is 1280. The number of hydrogen-bond donors (Lipinski definition) is 2. The van der Waals surface area contributed by atoms with Gasteiger partial charge >= 0.3 is 17.9 Å². The number of ether oxygens (including phenoxy) is 6. The summed E-state index contributed by atoms with van der Waals surface area (Å²) in [6.45, 7) is 4.95. The van der Waals surface area contributed by atoms with Crippen LogP contribution in [0.5, 0.6) is 0 Å². The van der Waals surface area contributed by atoms with E-state index in [0.29, 0.717) is 24.4 Å². The van der Waals surface area contributed by atoms with E-state index in [1.807, 2.05) is 0 Å². The molecule has 0 bridgehead atoms. The Labute approximate surface area is 229 Å². The second-order valence-corrected chi connectivity index (χ2v) is 9.33. The molecule has 0 saturated carbocycles. The molecule has 2 aliphatic heterocycles. The number of rotatable bonds is 12. The molecule has 216 valence electrons. The zero-order valence-corrected chi connectivity index (χ0v) is 22.4. The lowest BCUT2D eigenvalue weighted by molar-refractivity contribution is -0.175. The summed E-state index contributed by atoms with van der Waals surface area (Å²) in [5.74, 6) is -1.50. The van der Waals surface area contributed by atoms with Gasteiger partial charge in [-0.2, -0.15) is 10.4 Å². The molecule has 0 aliphatic carbocycles. The average Bonchev–Trinajstić information content (AvgIpc) is 3.49. The summed E-state index contributed by atoms with van der Waals surface area (Å²) < 4.78 is 35.0. The van der Waals surface area contributed by atoms with Gasteiger partial charge in [0.25, 0.3) is 0 Å². The Morgan fingerprint density at radius 2 is 1.95 bits per heavy atom. The van der Waals surface area contributed by atoms with E-state index in [1.165, 1.54) is 10.8 Å². The first-order chi connectivity index (χ1) is 19.2. The van der Waals surface area contributed by atoms with Crippen LogP contribution in [0.25, 0.3) is 5.52 Å². The van der Waals surface area contributed by atoms with E-state index in [9.17, 15) is 19.6 Å². The number of fused-ring (bicyclic) bond motifs is 1. The molecule has 0 unspecified atom stereocenters. The van der Waals surface area contributed by atoms with Crippen LogP contribution in [-0.4, -0.2) is 89.0 Å². The van der Waals surface area contributed by atoms with Gasteiger partial charge in [0.15, 0.2) is 18.0 Å². The number of aromatic nitrogens is 3. The van der Waals surface area contributed by atoms with Gasteiger partial charge in [0.2, 0.25) is 5.60 Å². The number of esters is 3. The fraction of sp³-hybridized carbons (Fsp3) is 0.600. The van der Waals surface area contributed by atoms with Crippen molar-refractivity contribution in [2.24, 2.45) is 0 Å². The van der Waals surface area contributed by atoms with Crippen LogP contribution >= 0.6 is 0 Å². The van der Waals surface area contributed by atoms with Crippen molar-refractivity contribution >= 4 is 29.2 Å². The van der Waals surface area contributed by atoms with Crippen LogP contribution in [0.2, 0.25) is 0 Å². The van der Waals surface area contributed by atoms with Gasteiger partial charge in [-0.15, -0.1) is 0 Å². The van der Waals surface area contributed by atoms with Crippen molar-refractivity contribution in [1.82, 2.24) is 19.9 Å². The molecule has 2 aliphatic rings. The number of nitrogens with one attached hydrogen (secondary N) is 1. The summed E-state index contributed by atoms with van der Waals surface area (Å²) in [6.07, 6.45) is -2.64. The maximum absolute atomic E-state index is 12.5. The van der Waals surface area contributed by atoms with E-state index in [2.05, 4.69) is 21.5 Å². The van der Waals surface area contributed by atoms with E-state index in [-0.39, 0.29) is 31.5 Å². The molecule has 2 aromatic heterocycles. The fourth-order valence-electron chi connectivity index (χ4n) is 4.20. The molecule has 2 saturated heterocycles. The zero-order chi connectivity index (χ0) is 28.9. The summed E-state index contributed by atoms with van der Waals surface area (Å²) in [4.78, 5) is 41.1. The number of hydrogen-bond acceptors (Lipinski definition) is 14. The van der Waals surface area contributed by atoms with Crippen LogP contribution in [0.1, 0.15) is 45.4 Å². The number of carbonyl (C=O) groups excluding carboxylic acids is 3. The average molecular weight is 561 g/mol. The maximum Gasteiger partial charge on any atom is 0.323 e. The molecule has 15 heteroatoms. The second-order valence-electron chi connectivity index (χ2n) is 9.33. The van der Waals surface area contributed by atoms with Crippen LogP contribution < -0.4 is 11.1 Å². The minimum atomic E-state index is -1.88. The Morgan fingerprint density at radius 3 is 2.60 bits per heavy atom. The second kappa shape index (κ2) is 12.6. The molecule has 2 aromatic rings. The van der Waals surface area contributed by atoms with E-state index >= 15 is 0 Å². The third-order valence-electron chi connectivity index (χ3n) is 6.54. The molecule has 0 radical (unpaired) electrons. The van der Waals surface area contributed by atoms with E-state index in [4.69, 9.17) is 34.2 Å². The van der Waals surface area contributed by atoms with Crippen molar-refractivity contribution < 1.29 is 42.8 Å². The Hall–Kier alpha value is -3.84. The van der Waals surface area contributed by atoms with Crippen molar-refractivity contribution in [1.29, 1.82) is 5.26 Å². The van der Waals surface area contributed by atoms with E-state index in [0.717, 1.165) is 0 Å². The van der Waals surface area contributed by atoms with Gasteiger partial charge in [0, 0.05) is 12.8 Å². The van der Waals surface area contributed by atoms with Crippen molar-refractivity contribution in [2.45, 2.75) is 69.7 Å². The van der Waals surface area contributed by atoms with Gasteiger partial charge in [0.1, 0.15) is 36.2 Å². The summed E-state index contributed by atoms with van der Waals surface area (Å²) in [6, 6.07) is 4.66. The van der Waals surface area contributed by atoms with Crippen molar-refractivity contribution in [3.8, 4) is 6.07 Å². The molecule has 0 spiro atoms. The lowest BCUT2D eigenvalue weighted by atomic mass is 9.95. The predicted octanol–water partition coefficient (Wildman–Crippen LogP) is 0.183. The normalized spacial score (nSPS) is 25.1. The first kappa shape index (κ1) is 29.2. The largest absolute Gasteiger partial charge is 0.456 e. The van der Waals surface area contributed by atoms with Crippen LogP contribution in [0.4, 0.5) is 5.82 Å². The van der Waals surface area contributed by atoms with Gasteiger partial charge in [-0.25, -0.2) is 9.50 Å². The number of nitriles is 1. The Kier molecular flexibility index (Phi) is 9.15. The minimum Gasteiger partial charge on any atom is -0.456 e. The highest BCUT2D eigenvalue weighted by molar-refractivity contribution is 5.75. The number of nitrogens with zero attached hydrogens (tertiary/aromatic N) is 4. The van der Waals surface area contributed by atoms with Gasteiger partial charge in [-0.05, 0) is 19.1 Å². The van der Waals surface area contributed by atoms with Crippen LogP contribution in [0.15, 0.2) is 18.5 Å². The van der Waals surface area contributed by atoms with Crippen LogP contribution in [0, 0.1) is 11.3 Å². The number of carbonyl (C=O) groups is 3. The molecule has 0 aromatic carbocycles. The summed E-state index contributed by atoms with van der Waals surface area (Å²) in [5.41, 5.74) is 4.95. The molecule has 2 fully saturated rings. The van der Waals surface area contributed by atoms with Crippen molar-refractivity contribution in [3.05, 3.63) is 24.2 Å². The summed E-state index contributed by atoms with van der Waals surface area (Å²) in [7, 11) is 0. The Morgan fingerprint density at radius 1 is 1.23 bits per heavy atom. The topological polar surface area (TPSA) is 199 Å². The highest BCUT2D eigenvalue weighted by Gasteiger charge is 2.61. The molecule has 5 atom stereocenters. The molecule has 3 N–H and O–H groups in total. The lowest BCUT2D eigenvalue weighted by Gasteiger charge is -2.29. The number of nitrogens with two attached hydrogens (primary N) is 1. The fourth-order valence-corrected chi connectivity index (χ4v) is 4.20. The summed E-state index contributed by atoms with van der Waals surface area (Å²) >= 11 is 0. The third-order valence-corrected chi connectivity index (χ3v) is 6.54. The predicted molar refractivity (Wildman–Crippen MR) is 134 cm³/mol. The van der Waals surface area contributed by atoms with Crippen LogP contribution in [0.3, 0.4) is 0 Å². The molecular formula is C25H32N6O9. The van der Waals surface area contributed by atoms with Gasteiger partial charge in [-0.3, -0.25) is 19.7 Å². The first-order valence-corrected chi connectivity index (χ1v) is 12.9. The van der Waals surface area contributed by atoms with Crippen LogP contribution in [-0.2, 0) is 42.8 Å². The van der Waals surface area contributed by atoms with Crippen molar-refractivity contribution in [2.75, 3.05) is 32.3 Å². The molecule has 4 heterocycles. The van der Waals surface area contributed by atoms with Crippen molar-refractivity contribution in [3.63, 3.8) is 0 Å². The number of anilines is 1. The highest BCUT2D eigenvalue weighted by Crippen LogP contribution is 2.44. The van der Waals surface area contributed by atoms with Gasteiger partial charge in [-0.1, -0.05) is 13.8 Å². The van der Waals surface area contributed by atoms with Gasteiger partial charge in [0.05, 0.1) is 32.2 Å². The first-order valence-electron chi connectivity index (χ1n) is 12.9. The molecule has 4 rings (SSSR count). The quantitative estimate of drug-likeness (QED) is 0.154. The maximum atomic E-state index is 12.5. The van der Waals surface area contributed by atoms with E-state index in [1.54, 1.807) is 32.9 Å². The number of nitrogen functional groups attached to an aromatic ring is 1. The zero-order valence-electron chi connectivity index (χ0n) is 22.4. The molecule has 15 nitrogen and oxygen atoms in total. The molecule has 40 heavy (non-hydrogen) atoms.